The van der Waals surface area contributed by atoms with Crippen LogP contribution < -0.4 is 15.4 Å². The van der Waals surface area contributed by atoms with Crippen LogP contribution in [-0.2, 0) is 22.7 Å². The van der Waals surface area contributed by atoms with Crippen molar-refractivity contribution < 1.29 is 28.2 Å². The van der Waals surface area contributed by atoms with E-state index in [0.29, 0.717) is 44.6 Å². The van der Waals surface area contributed by atoms with Gasteiger partial charge in [0.1, 0.15) is 11.6 Å². The van der Waals surface area contributed by atoms with Crippen molar-refractivity contribution in [2.75, 3.05) is 26.2 Å². The number of likely N-dealkylation sites (tertiary alicyclic amines) is 1. The zero-order chi connectivity index (χ0) is 24.4. The first-order valence-electron chi connectivity index (χ1n) is 12.0. The van der Waals surface area contributed by atoms with Gasteiger partial charge >= 0.3 is 0 Å². The summed E-state index contributed by atoms with van der Waals surface area (Å²) in [7, 11) is 0. The molecule has 184 valence electrons. The molecule has 0 spiro atoms. The van der Waals surface area contributed by atoms with Crippen LogP contribution in [0.4, 0.5) is 4.39 Å². The highest BCUT2D eigenvalue weighted by Crippen LogP contribution is 2.27. The van der Waals surface area contributed by atoms with E-state index in [1.807, 2.05) is 12.1 Å². The molecule has 2 aromatic rings. The first-order valence-corrected chi connectivity index (χ1v) is 12.0. The fourth-order valence-electron chi connectivity index (χ4n) is 4.94. The Hall–Kier alpha value is -3.46. The zero-order valence-corrected chi connectivity index (χ0v) is 19.3. The predicted octanol–water partition coefficient (Wildman–Crippen LogP) is 2.41. The van der Waals surface area contributed by atoms with Gasteiger partial charge in [0.25, 0.3) is 11.8 Å². The molecule has 5 rings (SSSR count). The number of benzene rings is 2. The summed E-state index contributed by atoms with van der Waals surface area (Å²) in [6, 6.07) is 9.00. The molecule has 35 heavy (non-hydrogen) atoms. The third kappa shape index (κ3) is 5.00. The van der Waals surface area contributed by atoms with Gasteiger partial charge in [-0.25, -0.2) is 4.39 Å². The van der Waals surface area contributed by atoms with Gasteiger partial charge in [-0.15, -0.1) is 0 Å². The van der Waals surface area contributed by atoms with Crippen molar-refractivity contribution in [3.05, 3.63) is 64.5 Å². The predicted molar refractivity (Wildman–Crippen MR) is 124 cm³/mol. The van der Waals surface area contributed by atoms with Gasteiger partial charge in [0.15, 0.2) is 0 Å². The Bertz CT molecular complexity index is 1150. The van der Waals surface area contributed by atoms with E-state index in [4.69, 9.17) is 9.47 Å². The number of nitrogens with zero attached hydrogens (tertiary/aromatic N) is 1. The molecular weight excluding hydrogens is 453 g/mol. The molecule has 3 amide bonds. The first kappa shape index (κ1) is 23.3. The Morgan fingerprint density at radius 2 is 1.97 bits per heavy atom. The summed E-state index contributed by atoms with van der Waals surface area (Å²) in [5, 5.41) is 5.90. The number of ether oxygens (including phenoxy) is 2. The van der Waals surface area contributed by atoms with Crippen molar-refractivity contribution in [1.29, 1.82) is 0 Å². The van der Waals surface area contributed by atoms with Crippen molar-refractivity contribution in [3.8, 4) is 5.75 Å². The molecule has 0 radical (unpaired) electrons. The van der Waals surface area contributed by atoms with Crippen LogP contribution in [0.25, 0.3) is 0 Å². The number of carbonyl (C=O) groups excluding carboxylic acids is 3. The number of hydrogen-bond acceptors (Lipinski definition) is 5. The quantitative estimate of drug-likeness (QED) is 0.652. The van der Waals surface area contributed by atoms with Gasteiger partial charge < -0.3 is 25.0 Å². The Balaban J connectivity index is 1.45. The van der Waals surface area contributed by atoms with Crippen LogP contribution in [0.1, 0.15) is 51.1 Å². The van der Waals surface area contributed by atoms with Crippen molar-refractivity contribution in [2.24, 2.45) is 5.92 Å². The molecule has 2 bridgehead atoms. The average molecular weight is 482 g/mol. The second-order valence-corrected chi connectivity index (χ2v) is 9.22. The summed E-state index contributed by atoms with van der Waals surface area (Å²) in [6.07, 6.45) is 1.55. The topological polar surface area (TPSA) is 97.0 Å². The van der Waals surface area contributed by atoms with Gasteiger partial charge in [-0.3, -0.25) is 14.4 Å². The maximum absolute atomic E-state index is 14.0. The molecule has 0 aliphatic carbocycles. The Morgan fingerprint density at radius 3 is 2.86 bits per heavy atom. The van der Waals surface area contributed by atoms with Crippen LogP contribution >= 0.6 is 0 Å². The van der Waals surface area contributed by atoms with Crippen molar-refractivity contribution in [1.82, 2.24) is 15.5 Å². The Kier molecular flexibility index (Phi) is 6.68. The number of fused-ring (bicyclic) bond motifs is 5. The van der Waals surface area contributed by atoms with Crippen LogP contribution in [0.3, 0.4) is 0 Å². The fourth-order valence-corrected chi connectivity index (χ4v) is 4.94. The van der Waals surface area contributed by atoms with E-state index in [1.165, 1.54) is 12.1 Å². The summed E-state index contributed by atoms with van der Waals surface area (Å²) in [5.74, 6) is -1.42. The maximum Gasteiger partial charge on any atom is 0.255 e. The number of amides is 3. The summed E-state index contributed by atoms with van der Waals surface area (Å²) in [4.78, 5) is 41.4. The smallest absolute Gasteiger partial charge is 0.255 e. The molecule has 3 aliphatic rings. The largest absolute Gasteiger partial charge is 0.493 e. The van der Waals surface area contributed by atoms with Crippen LogP contribution in [0.5, 0.6) is 5.75 Å². The minimum absolute atomic E-state index is 0.114. The molecule has 9 heteroatoms. The SMILES string of the molecule is O=C1N[C@@H]2CC[C@@H](CN(C(=O)c3cccc4c3COC4)C2)C(=O)NCCCOc2ccc(F)cc21. The maximum atomic E-state index is 14.0. The highest BCUT2D eigenvalue weighted by atomic mass is 19.1. The molecule has 0 unspecified atom stereocenters. The molecule has 2 N–H and O–H groups in total. The highest BCUT2D eigenvalue weighted by molar-refractivity contribution is 5.98. The zero-order valence-electron chi connectivity index (χ0n) is 19.3. The molecular formula is C26H28FN3O5. The van der Waals surface area contributed by atoms with E-state index in [0.717, 1.165) is 17.2 Å². The van der Waals surface area contributed by atoms with E-state index in [-0.39, 0.29) is 42.8 Å². The van der Waals surface area contributed by atoms with Gasteiger partial charge in [0.2, 0.25) is 5.91 Å². The minimum Gasteiger partial charge on any atom is -0.493 e. The van der Waals surface area contributed by atoms with E-state index in [1.54, 1.807) is 11.0 Å². The lowest BCUT2D eigenvalue weighted by Gasteiger charge is -2.27. The van der Waals surface area contributed by atoms with E-state index < -0.39 is 23.7 Å². The summed E-state index contributed by atoms with van der Waals surface area (Å²) in [5.41, 5.74) is 2.53. The normalized spacial score (nSPS) is 22.7. The summed E-state index contributed by atoms with van der Waals surface area (Å²) < 4.78 is 25.2. The minimum atomic E-state index is -0.534. The molecule has 3 heterocycles. The lowest BCUT2D eigenvalue weighted by atomic mass is 10.00. The van der Waals surface area contributed by atoms with Crippen LogP contribution in [0.2, 0.25) is 0 Å². The molecule has 3 aliphatic heterocycles. The lowest BCUT2D eigenvalue weighted by Crippen LogP contribution is -2.46. The van der Waals surface area contributed by atoms with Crippen LogP contribution in [0, 0.1) is 11.7 Å². The average Bonchev–Trinajstić information content (AvgIpc) is 3.24. The molecule has 1 fully saturated rings. The van der Waals surface area contributed by atoms with E-state index in [2.05, 4.69) is 10.6 Å². The Labute approximate surface area is 202 Å². The van der Waals surface area contributed by atoms with Crippen LogP contribution in [0.15, 0.2) is 36.4 Å². The van der Waals surface area contributed by atoms with Crippen molar-refractivity contribution in [3.63, 3.8) is 0 Å². The summed E-state index contributed by atoms with van der Waals surface area (Å²) in [6.45, 7) is 2.01. The highest BCUT2D eigenvalue weighted by Gasteiger charge is 2.33. The van der Waals surface area contributed by atoms with Crippen LogP contribution in [-0.4, -0.2) is 54.9 Å². The van der Waals surface area contributed by atoms with Gasteiger partial charge in [-0.1, -0.05) is 12.1 Å². The number of nitrogens with one attached hydrogen (secondary N) is 2. The van der Waals surface area contributed by atoms with E-state index >= 15 is 0 Å². The van der Waals surface area contributed by atoms with Crippen molar-refractivity contribution in [2.45, 2.75) is 38.5 Å². The van der Waals surface area contributed by atoms with Gasteiger partial charge in [0, 0.05) is 31.2 Å². The molecule has 0 saturated carbocycles. The molecule has 0 aromatic heterocycles. The van der Waals surface area contributed by atoms with Gasteiger partial charge in [-0.05, 0) is 54.7 Å². The molecule has 2 aromatic carbocycles. The van der Waals surface area contributed by atoms with Gasteiger partial charge in [-0.2, -0.15) is 0 Å². The second kappa shape index (κ2) is 10.0. The standard InChI is InChI=1S/C26H28FN3O5/c27-18-6-8-23-21(11-18)25(32)29-19-7-5-16(24(31)28-9-2-10-35-23)12-30(13-19)26(33)20-4-1-3-17-14-34-15-22(17)20/h1,3-4,6,8,11,16,19H,2,5,7,9-10,12-15H2,(H,28,31)(H,29,32)/t16-,19+/m0/s1. The third-order valence-corrected chi connectivity index (χ3v) is 6.81. The molecule has 2 atom stereocenters. The van der Waals surface area contributed by atoms with Crippen molar-refractivity contribution >= 4 is 17.7 Å². The van der Waals surface area contributed by atoms with Gasteiger partial charge in [0.05, 0.1) is 31.3 Å². The van der Waals surface area contributed by atoms with E-state index in [9.17, 15) is 18.8 Å². The number of carbonyl (C=O) groups is 3. The number of halogens is 1. The number of rotatable bonds is 1. The monoisotopic (exact) mass is 481 g/mol. The summed E-state index contributed by atoms with van der Waals surface area (Å²) >= 11 is 0. The first-order chi connectivity index (χ1) is 17.0. The second-order valence-electron chi connectivity index (χ2n) is 9.22. The lowest BCUT2D eigenvalue weighted by molar-refractivity contribution is -0.125. The fraction of sp³-hybridized carbons (Fsp3) is 0.423. The molecule has 1 saturated heterocycles. The molecule has 8 nitrogen and oxygen atoms in total. The Morgan fingerprint density at radius 1 is 1.09 bits per heavy atom. The number of hydrogen-bond donors (Lipinski definition) is 2. The third-order valence-electron chi connectivity index (χ3n) is 6.81.